The predicted molar refractivity (Wildman–Crippen MR) is 68.8 cm³/mol. The predicted octanol–water partition coefficient (Wildman–Crippen LogP) is 3.32. The van der Waals surface area contributed by atoms with Gasteiger partial charge in [0.05, 0.1) is 13.5 Å². The molecule has 0 aromatic rings. The Hall–Kier alpha value is -0.790. The Morgan fingerprint density at radius 3 is 3.11 bits per heavy atom. The van der Waals surface area contributed by atoms with E-state index in [1.807, 2.05) is 0 Å². The Labute approximate surface area is 109 Å². The van der Waals surface area contributed by atoms with Crippen molar-refractivity contribution in [2.45, 2.75) is 44.9 Å². The highest BCUT2D eigenvalue weighted by Crippen LogP contribution is 2.86. The smallest absolute Gasteiger partial charge is 0.306 e. The molecule has 0 unspecified atom stereocenters. The zero-order valence-electron chi connectivity index (χ0n) is 11.2. The minimum absolute atomic E-state index is 0.0142. The molecule has 0 aromatic heterocycles. The van der Waals surface area contributed by atoms with Crippen LogP contribution in [0.25, 0.3) is 0 Å². The highest BCUT2D eigenvalue weighted by molar-refractivity contribution is 5.71. The number of hydrogen-bond acceptors (Lipinski definition) is 2. The molecule has 0 amide bonds. The maximum atomic E-state index is 11.8. The van der Waals surface area contributed by atoms with Crippen molar-refractivity contribution in [2.75, 3.05) is 7.11 Å². The Morgan fingerprint density at radius 1 is 1.50 bits per heavy atom. The van der Waals surface area contributed by atoms with Crippen molar-refractivity contribution in [1.82, 2.24) is 0 Å². The quantitative estimate of drug-likeness (QED) is 0.552. The summed E-state index contributed by atoms with van der Waals surface area (Å²) in [5.41, 5.74) is 2.36. The topological polar surface area (TPSA) is 26.3 Å². The Balaban J connectivity index is 1.70. The van der Waals surface area contributed by atoms with Crippen molar-refractivity contribution >= 4 is 5.97 Å². The van der Waals surface area contributed by atoms with Gasteiger partial charge in [-0.2, -0.15) is 0 Å². The summed E-state index contributed by atoms with van der Waals surface area (Å²) in [6.45, 7) is 4.33. The molecule has 4 saturated carbocycles. The van der Waals surface area contributed by atoms with E-state index in [9.17, 15) is 4.79 Å². The minimum atomic E-state index is 0.0142. The molecule has 0 heterocycles. The molecule has 2 nitrogen and oxygen atoms in total. The van der Waals surface area contributed by atoms with E-state index >= 15 is 0 Å². The molecule has 98 valence electrons. The molecule has 0 saturated heterocycles. The van der Waals surface area contributed by atoms with E-state index < -0.39 is 0 Å². The van der Waals surface area contributed by atoms with E-state index in [1.54, 1.807) is 0 Å². The van der Waals surface area contributed by atoms with Gasteiger partial charge < -0.3 is 4.74 Å². The lowest BCUT2D eigenvalue weighted by Crippen LogP contribution is -2.22. The fraction of sp³-hybridized carbons (Fsp3) is 0.812. The van der Waals surface area contributed by atoms with Crippen LogP contribution in [-0.4, -0.2) is 13.1 Å². The number of rotatable bonds is 2. The average molecular weight is 246 g/mol. The van der Waals surface area contributed by atoms with Crippen LogP contribution < -0.4 is 0 Å². The molecule has 4 aliphatic carbocycles. The highest BCUT2D eigenvalue weighted by atomic mass is 16.5. The third-order valence-electron chi connectivity index (χ3n) is 6.94. The summed E-state index contributed by atoms with van der Waals surface area (Å²) in [7, 11) is 1.53. The molecule has 0 radical (unpaired) electrons. The number of esters is 1. The fourth-order valence-corrected chi connectivity index (χ4v) is 6.15. The average Bonchev–Trinajstić information content (AvgIpc) is 2.76. The molecular formula is C16H22O2. The first-order valence-corrected chi connectivity index (χ1v) is 7.37. The van der Waals surface area contributed by atoms with Crippen LogP contribution in [0.3, 0.4) is 0 Å². The van der Waals surface area contributed by atoms with Crippen molar-refractivity contribution in [1.29, 1.82) is 0 Å². The van der Waals surface area contributed by atoms with Gasteiger partial charge in [0.15, 0.2) is 0 Å². The minimum Gasteiger partial charge on any atom is -0.469 e. The first-order chi connectivity index (χ1) is 8.63. The van der Waals surface area contributed by atoms with Gasteiger partial charge in [0, 0.05) is 0 Å². The number of allylic oxidation sites excluding steroid dienone is 1. The summed E-state index contributed by atoms with van der Waals surface area (Å²) in [6.07, 6.45) is 8.49. The molecule has 18 heavy (non-hydrogen) atoms. The molecule has 0 N–H and O–H groups in total. The number of carbonyl (C=O) groups is 1. The van der Waals surface area contributed by atoms with Gasteiger partial charge in [-0.05, 0) is 67.1 Å². The van der Waals surface area contributed by atoms with Gasteiger partial charge in [-0.15, -0.1) is 0 Å². The van der Waals surface area contributed by atoms with Crippen LogP contribution in [0.4, 0.5) is 0 Å². The van der Waals surface area contributed by atoms with Crippen LogP contribution in [0, 0.1) is 28.6 Å². The van der Waals surface area contributed by atoms with Gasteiger partial charge in [-0.1, -0.05) is 12.2 Å². The van der Waals surface area contributed by atoms with Crippen molar-refractivity contribution in [3.63, 3.8) is 0 Å². The molecular weight excluding hydrogens is 224 g/mol. The van der Waals surface area contributed by atoms with E-state index in [2.05, 4.69) is 6.58 Å². The first kappa shape index (κ1) is 11.1. The zero-order valence-corrected chi connectivity index (χ0v) is 11.2. The standard InChI is InChI=1S/C16H22O2/c1-10-3-4-11-7-13-12(10)5-6-15(13)9-16(11,15)8-14(17)18-2/h11-13H,1,3-9H2,2H3/t11-,12+,13-,15-,16+/m0/s1. The van der Waals surface area contributed by atoms with Gasteiger partial charge in [0.1, 0.15) is 0 Å². The van der Waals surface area contributed by atoms with Crippen molar-refractivity contribution < 1.29 is 9.53 Å². The van der Waals surface area contributed by atoms with E-state index in [4.69, 9.17) is 4.74 Å². The van der Waals surface area contributed by atoms with Crippen molar-refractivity contribution in [3.8, 4) is 0 Å². The summed E-state index contributed by atoms with van der Waals surface area (Å²) < 4.78 is 4.95. The van der Waals surface area contributed by atoms with Gasteiger partial charge in [-0.25, -0.2) is 0 Å². The third-order valence-corrected chi connectivity index (χ3v) is 6.94. The normalized spacial score (nSPS) is 51.8. The van der Waals surface area contributed by atoms with E-state index in [0.717, 1.165) is 17.8 Å². The summed E-state index contributed by atoms with van der Waals surface area (Å²) in [5.74, 6) is 2.41. The molecule has 1 spiro atoms. The van der Waals surface area contributed by atoms with Gasteiger partial charge in [0.25, 0.3) is 0 Å². The molecule has 0 aliphatic heterocycles. The first-order valence-electron chi connectivity index (χ1n) is 7.37. The van der Waals surface area contributed by atoms with Crippen molar-refractivity contribution in [2.24, 2.45) is 28.6 Å². The molecule has 4 aliphatic rings. The van der Waals surface area contributed by atoms with E-state index in [0.29, 0.717) is 17.3 Å². The highest BCUT2D eigenvalue weighted by Gasteiger charge is 2.80. The number of fused-ring (bicyclic) bond motifs is 2. The lowest BCUT2D eigenvalue weighted by molar-refractivity contribution is -0.142. The summed E-state index contributed by atoms with van der Waals surface area (Å²) in [5, 5.41) is 0. The zero-order chi connectivity index (χ0) is 12.5. The molecule has 4 rings (SSSR count). The monoisotopic (exact) mass is 246 g/mol. The Morgan fingerprint density at radius 2 is 2.33 bits per heavy atom. The lowest BCUT2D eigenvalue weighted by Gasteiger charge is -2.25. The molecule has 2 bridgehead atoms. The summed E-state index contributed by atoms with van der Waals surface area (Å²) in [4.78, 5) is 11.8. The van der Waals surface area contributed by atoms with Gasteiger partial charge in [-0.3, -0.25) is 4.79 Å². The van der Waals surface area contributed by atoms with Crippen LogP contribution >= 0.6 is 0 Å². The van der Waals surface area contributed by atoms with Crippen LogP contribution in [0.5, 0.6) is 0 Å². The van der Waals surface area contributed by atoms with Crippen LogP contribution in [0.1, 0.15) is 44.9 Å². The number of ether oxygens (including phenoxy) is 1. The van der Waals surface area contributed by atoms with Crippen LogP contribution in [0.2, 0.25) is 0 Å². The van der Waals surface area contributed by atoms with Crippen molar-refractivity contribution in [3.05, 3.63) is 12.2 Å². The second-order valence-electron chi connectivity index (χ2n) is 7.12. The lowest BCUT2D eigenvalue weighted by atomic mass is 9.80. The van der Waals surface area contributed by atoms with Crippen LogP contribution in [0.15, 0.2) is 12.2 Å². The number of carbonyl (C=O) groups excluding carboxylic acids is 1. The van der Waals surface area contributed by atoms with Crippen LogP contribution in [-0.2, 0) is 9.53 Å². The maximum absolute atomic E-state index is 11.8. The summed E-state index contributed by atoms with van der Waals surface area (Å²) >= 11 is 0. The molecule has 2 heteroatoms. The van der Waals surface area contributed by atoms with Gasteiger partial charge >= 0.3 is 5.97 Å². The Kier molecular flexibility index (Phi) is 1.97. The molecule has 5 atom stereocenters. The number of hydrogen-bond donors (Lipinski definition) is 0. The molecule has 0 aromatic carbocycles. The van der Waals surface area contributed by atoms with Gasteiger partial charge in [0.2, 0.25) is 0 Å². The number of methoxy groups -OCH3 is 1. The SMILES string of the molecule is C=C1CC[C@H]2C[C@H]3[C@@H]1CC[C@]31C[C@]21CC(=O)OC. The van der Waals surface area contributed by atoms with E-state index in [-0.39, 0.29) is 5.97 Å². The second kappa shape index (κ2) is 3.20. The Bertz CT molecular complexity index is 440. The molecule has 4 fully saturated rings. The third kappa shape index (κ3) is 1.05. The second-order valence-corrected chi connectivity index (χ2v) is 7.12. The van der Waals surface area contributed by atoms with E-state index in [1.165, 1.54) is 51.2 Å². The maximum Gasteiger partial charge on any atom is 0.306 e. The fourth-order valence-electron chi connectivity index (χ4n) is 6.15. The largest absolute Gasteiger partial charge is 0.469 e. The summed E-state index contributed by atoms with van der Waals surface area (Å²) in [6, 6.07) is 0.